The molecular formula is C12H25BO2S. The summed E-state index contributed by atoms with van der Waals surface area (Å²) in [6, 6.07) is 0. The molecule has 1 fully saturated rings. The van der Waals surface area contributed by atoms with Crippen molar-refractivity contribution in [1.82, 2.24) is 0 Å². The fraction of sp³-hybridized carbons (Fsp3) is 0.833. The third-order valence-corrected chi connectivity index (χ3v) is 4.44. The molecule has 0 N–H and O–H groups in total. The van der Waals surface area contributed by atoms with Crippen molar-refractivity contribution in [2.45, 2.75) is 38.9 Å². The minimum Gasteiger partial charge on any atom is -0.400 e. The van der Waals surface area contributed by atoms with Crippen molar-refractivity contribution in [1.29, 1.82) is 0 Å². The maximum absolute atomic E-state index is 5.96. The first-order valence-corrected chi connectivity index (χ1v) is 8.67. The fourth-order valence-corrected chi connectivity index (χ4v) is 2.88. The predicted octanol–water partition coefficient (Wildman–Crippen LogP) is 2.87. The van der Waals surface area contributed by atoms with Crippen LogP contribution in [-0.4, -0.2) is 42.8 Å². The first-order valence-electron chi connectivity index (χ1n) is 5.64. The Morgan fingerprint density at radius 3 is 1.75 bits per heavy atom. The average Bonchev–Trinajstić information content (AvgIpc) is 2.17. The van der Waals surface area contributed by atoms with Crippen molar-refractivity contribution in [2.24, 2.45) is 0 Å². The summed E-state index contributed by atoms with van der Waals surface area (Å²) in [6.07, 6.45) is 6.84. The monoisotopic (exact) mass is 244 g/mol. The van der Waals surface area contributed by atoms with Crippen LogP contribution in [-0.2, 0) is 9.31 Å². The van der Waals surface area contributed by atoms with E-state index in [9.17, 15) is 0 Å². The van der Waals surface area contributed by atoms with Crippen LogP contribution < -0.4 is 0 Å². The molecule has 0 radical (unpaired) electrons. The maximum Gasteiger partial charge on any atom is 0.490 e. The Morgan fingerprint density at radius 2 is 1.44 bits per heavy atom. The van der Waals surface area contributed by atoms with Crippen molar-refractivity contribution in [3.8, 4) is 0 Å². The van der Waals surface area contributed by atoms with E-state index in [1.807, 2.05) is 0 Å². The molecular weight excluding hydrogens is 219 g/mol. The van der Waals surface area contributed by atoms with Crippen LogP contribution in [0.4, 0.5) is 0 Å². The van der Waals surface area contributed by atoms with E-state index in [1.54, 1.807) is 0 Å². The second-order valence-electron chi connectivity index (χ2n) is 6.48. The highest BCUT2D eigenvalue weighted by molar-refractivity contribution is 8.32. The topological polar surface area (TPSA) is 18.5 Å². The number of rotatable bonds is 3. The molecule has 1 aliphatic heterocycles. The minimum atomic E-state index is -0.595. The molecule has 0 saturated carbocycles. The molecule has 0 aromatic heterocycles. The predicted molar refractivity (Wildman–Crippen MR) is 75.5 cm³/mol. The summed E-state index contributed by atoms with van der Waals surface area (Å²) in [4.78, 5) is 0. The molecule has 2 nitrogen and oxygen atoms in total. The van der Waals surface area contributed by atoms with Gasteiger partial charge in [-0.05, 0) is 57.7 Å². The second kappa shape index (κ2) is 4.07. The summed E-state index contributed by atoms with van der Waals surface area (Å²) in [6.45, 7) is 12.4. The van der Waals surface area contributed by atoms with E-state index in [4.69, 9.17) is 9.31 Å². The zero-order valence-corrected chi connectivity index (χ0v) is 12.5. The molecule has 1 saturated heterocycles. The SMILES string of the molecule is C=C(CS(C)(C)C)B1OC(C)(C)C(C)(C)O1. The zero-order chi connectivity index (χ0) is 12.8. The third kappa shape index (κ3) is 3.05. The Balaban J connectivity index is 2.70. The highest BCUT2D eigenvalue weighted by Gasteiger charge is 2.52. The summed E-state index contributed by atoms with van der Waals surface area (Å²) in [5, 5.41) is 0. The van der Waals surface area contributed by atoms with Gasteiger partial charge >= 0.3 is 7.12 Å². The largest absolute Gasteiger partial charge is 0.490 e. The average molecular weight is 244 g/mol. The van der Waals surface area contributed by atoms with E-state index in [2.05, 4.69) is 53.0 Å². The number of hydrogen-bond donors (Lipinski definition) is 0. The van der Waals surface area contributed by atoms with Crippen LogP contribution in [0.5, 0.6) is 0 Å². The van der Waals surface area contributed by atoms with Gasteiger partial charge in [0.2, 0.25) is 0 Å². The van der Waals surface area contributed by atoms with Crippen LogP contribution in [0, 0.1) is 0 Å². The molecule has 0 aliphatic carbocycles. The van der Waals surface area contributed by atoms with Gasteiger partial charge in [0, 0.05) is 0 Å². The Kier molecular flexibility index (Phi) is 3.60. The van der Waals surface area contributed by atoms with Crippen LogP contribution >= 0.6 is 10.0 Å². The molecule has 94 valence electrons. The molecule has 0 bridgehead atoms. The van der Waals surface area contributed by atoms with Crippen LogP contribution in [0.15, 0.2) is 12.1 Å². The van der Waals surface area contributed by atoms with Gasteiger partial charge in [0.15, 0.2) is 0 Å². The van der Waals surface area contributed by atoms with Crippen LogP contribution in [0.25, 0.3) is 0 Å². The summed E-state index contributed by atoms with van der Waals surface area (Å²) < 4.78 is 11.9. The van der Waals surface area contributed by atoms with Gasteiger partial charge in [-0.25, -0.2) is 10.0 Å². The second-order valence-corrected chi connectivity index (χ2v) is 11.0. The first kappa shape index (κ1) is 14.1. The molecule has 0 aromatic carbocycles. The Labute approximate surface area is 102 Å². The van der Waals surface area contributed by atoms with Gasteiger partial charge in [-0.3, -0.25) is 0 Å². The third-order valence-electron chi connectivity index (χ3n) is 3.20. The van der Waals surface area contributed by atoms with Gasteiger partial charge in [0.1, 0.15) is 0 Å². The van der Waals surface area contributed by atoms with Crippen molar-refractivity contribution in [3.63, 3.8) is 0 Å². The lowest BCUT2D eigenvalue weighted by Gasteiger charge is -2.32. The van der Waals surface area contributed by atoms with E-state index in [0.717, 1.165) is 11.2 Å². The van der Waals surface area contributed by atoms with Crippen molar-refractivity contribution >= 4 is 17.1 Å². The molecule has 1 aliphatic rings. The van der Waals surface area contributed by atoms with E-state index < -0.39 is 10.0 Å². The highest BCUT2D eigenvalue weighted by Crippen LogP contribution is 2.42. The van der Waals surface area contributed by atoms with Gasteiger partial charge in [0.05, 0.1) is 11.2 Å². The quantitative estimate of drug-likeness (QED) is 0.711. The van der Waals surface area contributed by atoms with Gasteiger partial charge in [0.25, 0.3) is 0 Å². The van der Waals surface area contributed by atoms with Gasteiger partial charge in [-0.15, -0.1) is 6.58 Å². The van der Waals surface area contributed by atoms with E-state index in [-0.39, 0.29) is 18.3 Å². The smallest absolute Gasteiger partial charge is 0.400 e. The fourth-order valence-electron chi connectivity index (χ4n) is 1.63. The molecule has 0 unspecified atom stereocenters. The summed E-state index contributed by atoms with van der Waals surface area (Å²) in [7, 11) is -0.834. The number of hydrogen-bond acceptors (Lipinski definition) is 2. The molecule has 0 amide bonds. The van der Waals surface area contributed by atoms with Crippen molar-refractivity contribution < 1.29 is 9.31 Å². The Bertz CT molecular complexity index is 276. The molecule has 0 spiro atoms. The van der Waals surface area contributed by atoms with E-state index >= 15 is 0 Å². The van der Waals surface area contributed by atoms with E-state index in [1.165, 1.54) is 0 Å². The summed E-state index contributed by atoms with van der Waals surface area (Å²) >= 11 is 0. The van der Waals surface area contributed by atoms with Crippen molar-refractivity contribution in [2.75, 3.05) is 24.5 Å². The minimum absolute atomic E-state index is 0.239. The molecule has 0 atom stereocenters. The van der Waals surface area contributed by atoms with Crippen LogP contribution in [0.3, 0.4) is 0 Å². The van der Waals surface area contributed by atoms with Gasteiger partial charge in [-0.2, -0.15) is 0 Å². The molecule has 1 heterocycles. The van der Waals surface area contributed by atoms with Gasteiger partial charge < -0.3 is 9.31 Å². The van der Waals surface area contributed by atoms with E-state index in [0.29, 0.717) is 0 Å². The molecule has 16 heavy (non-hydrogen) atoms. The van der Waals surface area contributed by atoms with Gasteiger partial charge in [-0.1, -0.05) is 0 Å². The lowest BCUT2D eigenvalue weighted by molar-refractivity contribution is 0.00578. The Hall–Kier alpha value is 0.0749. The Morgan fingerprint density at radius 1 is 1.06 bits per heavy atom. The van der Waals surface area contributed by atoms with Crippen LogP contribution in [0.1, 0.15) is 27.7 Å². The molecule has 1 rings (SSSR count). The van der Waals surface area contributed by atoms with Crippen LogP contribution in [0.2, 0.25) is 0 Å². The lowest BCUT2D eigenvalue weighted by atomic mass is 9.81. The molecule has 0 aromatic rings. The summed E-state index contributed by atoms with van der Waals surface area (Å²) in [5.74, 6) is 1.00. The van der Waals surface area contributed by atoms with Crippen molar-refractivity contribution in [3.05, 3.63) is 12.1 Å². The first-order chi connectivity index (χ1) is 6.95. The standard InChI is InChI=1S/C12H25BO2S/c1-10(9-16(6,7)8)13-14-11(2,3)12(4,5)15-13/h1,9H2,2-8H3. The highest BCUT2D eigenvalue weighted by atomic mass is 32.3. The normalized spacial score (nSPS) is 24.6. The molecule has 4 heteroatoms. The maximum atomic E-state index is 5.96. The summed E-state index contributed by atoms with van der Waals surface area (Å²) in [5.41, 5.74) is 0.558. The lowest BCUT2D eigenvalue weighted by Crippen LogP contribution is -2.41. The zero-order valence-electron chi connectivity index (χ0n) is 11.7.